The Labute approximate surface area is 168 Å². The monoisotopic (exact) mass is 394 g/mol. The van der Waals surface area contributed by atoms with E-state index in [2.05, 4.69) is 10.6 Å². The van der Waals surface area contributed by atoms with Gasteiger partial charge in [0.2, 0.25) is 0 Å². The zero-order valence-electron chi connectivity index (χ0n) is 15.0. The molecule has 0 unspecified atom stereocenters. The maximum atomic E-state index is 12.5. The molecule has 0 spiro atoms. The molecule has 0 bridgehead atoms. The fourth-order valence-electron chi connectivity index (χ4n) is 2.54. The molecule has 0 aliphatic rings. The Morgan fingerprint density at radius 3 is 2.43 bits per heavy atom. The van der Waals surface area contributed by atoms with Gasteiger partial charge >= 0.3 is 0 Å². The van der Waals surface area contributed by atoms with Gasteiger partial charge in [-0.2, -0.15) is 0 Å². The van der Waals surface area contributed by atoms with Crippen LogP contribution < -0.4 is 15.4 Å². The van der Waals surface area contributed by atoms with E-state index < -0.39 is 0 Å². The lowest BCUT2D eigenvalue weighted by Gasteiger charge is -2.12. The van der Waals surface area contributed by atoms with Gasteiger partial charge in [0.25, 0.3) is 11.8 Å². The fourth-order valence-corrected chi connectivity index (χ4v) is 2.75. The second-order valence-electron chi connectivity index (χ2n) is 6.01. The number of rotatable bonds is 7. The highest BCUT2D eigenvalue weighted by atomic mass is 35.5. The standard InChI is InChI=1S/C22H19ClN2O3/c23-17-8-6-7-16(13-17)14-24-21(26)15-28-20-12-5-4-11-19(20)22(27)25-18-9-2-1-3-10-18/h1-13H,14-15H2,(H,24,26)(H,25,27). The van der Waals surface area contributed by atoms with Crippen LogP contribution in [0.25, 0.3) is 0 Å². The summed E-state index contributed by atoms with van der Waals surface area (Å²) >= 11 is 5.93. The summed E-state index contributed by atoms with van der Waals surface area (Å²) < 4.78 is 5.57. The number of para-hydroxylation sites is 2. The van der Waals surface area contributed by atoms with Crippen LogP contribution in [0.3, 0.4) is 0 Å². The molecule has 2 N–H and O–H groups in total. The lowest BCUT2D eigenvalue weighted by molar-refractivity contribution is -0.123. The second kappa shape index (κ2) is 9.58. The highest BCUT2D eigenvalue weighted by molar-refractivity contribution is 6.30. The van der Waals surface area contributed by atoms with E-state index in [4.69, 9.17) is 16.3 Å². The van der Waals surface area contributed by atoms with Gasteiger partial charge in [-0.1, -0.05) is 54.1 Å². The molecule has 0 atom stereocenters. The fraction of sp³-hybridized carbons (Fsp3) is 0.0909. The van der Waals surface area contributed by atoms with Crippen LogP contribution in [-0.4, -0.2) is 18.4 Å². The number of amides is 2. The number of hydrogen-bond acceptors (Lipinski definition) is 3. The Morgan fingerprint density at radius 1 is 0.893 bits per heavy atom. The second-order valence-corrected chi connectivity index (χ2v) is 6.45. The zero-order chi connectivity index (χ0) is 19.8. The average Bonchev–Trinajstić information content (AvgIpc) is 2.72. The van der Waals surface area contributed by atoms with Crippen LogP contribution in [0.15, 0.2) is 78.9 Å². The van der Waals surface area contributed by atoms with Gasteiger partial charge in [0.1, 0.15) is 5.75 Å². The molecule has 28 heavy (non-hydrogen) atoms. The maximum absolute atomic E-state index is 12.5. The minimum Gasteiger partial charge on any atom is -0.483 e. The van der Waals surface area contributed by atoms with Gasteiger partial charge in [-0.15, -0.1) is 0 Å². The SMILES string of the molecule is O=C(COc1ccccc1C(=O)Nc1ccccc1)NCc1cccc(Cl)c1. The minimum atomic E-state index is -0.305. The Hall–Kier alpha value is -3.31. The summed E-state index contributed by atoms with van der Waals surface area (Å²) in [4.78, 5) is 24.6. The normalized spacial score (nSPS) is 10.2. The molecule has 0 saturated heterocycles. The van der Waals surface area contributed by atoms with E-state index in [1.165, 1.54) is 0 Å². The smallest absolute Gasteiger partial charge is 0.259 e. The lowest BCUT2D eigenvalue weighted by Crippen LogP contribution is -2.28. The summed E-state index contributed by atoms with van der Waals surface area (Å²) in [5.74, 6) is -0.256. The topological polar surface area (TPSA) is 67.4 Å². The summed E-state index contributed by atoms with van der Waals surface area (Å²) in [7, 11) is 0. The summed E-state index contributed by atoms with van der Waals surface area (Å²) in [6, 6.07) is 23.2. The van der Waals surface area contributed by atoms with Crippen LogP contribution in [0.1, 0.15) is 15.9 Å². The predicted molar refractivity (Wildman–Crippen MR) is 110 cm³/mol. The van der Waals surface area contributed by atoms with Crippen molar-refractivity contribution in [3.63, 3.8) is 0 Å². The third kappa shape index (κ3) is 5.59. The molecular formula is C22H19ClN2O3. The van der Waals surface area contributed by atoms with Gasteiger partial charge in [-0.3, -0.25) is 9.59 Å². The number of nitrogens with one attached hydrogen (secondary N) is 2. The largest absolute Gasteiger partial charge is 0.483 e. The first-order valence-corrected chi connectivity index (χ1v) is 9.09. The van der Waals surface area contributed by atoms with Crippen molar-refractivity contribution in [1.82, 2.24) is 5.32 Å². The minimum absolute atomic E-state index is 0.198. The van der Waals surface area contributed by atoms with Crippen LogP contribution in [0.5, 0.6) is 5.75 Å². The molecule has 6 heteroatoms. The number of carbonyl (C=O) groups is 2. The molecule has 0 aromatic heterocycles. The molecule has 0 aliphatic heterocycles. The van der Waals surface area contributed by atoms with Gasteiger partial charge in [0, 0.05) is 17.3 Å². The van der Waals surface area contributed by atoms with Gasteiger partial charge in [-0.05, 0) is 42.0 Å². The highest BCUT2D eigenvalue weighted by Gasteiger charge is 2.13. The van der Waals surface area contributed by atoms with E-state index in [1.54, 1.807) is 48.5 Å². The molecular weight excluding hydrogens is 376 g/mol. The van der Waals surface area contributed by atoms with Crippen LogP contribution in [-0.2, 0) is 11.3 Å². The molecule has 2 amide bonds. The molecule has 142 valence electrons. The van der Waals surface area contributed by atoms with Crippen LogP contribution in [0, 0.1) is 0 Å². The lowest BCUT2D eigenvalue weighted by atomic mass is 10.2. The predicted octanol–water partition coefficient (Wildman–Crippen LogP) is 4.29. The summed E-state index contributed by atoms with van der Waals surface area (Å²) in [6.07, 6.45) is 0. The van der Waals surface area contributed by atoms with E-state index in [-0.39, 0.29) is 18.4 Å². The van der Waals surface area contributed by atoms with Crippen LogP contribution in [0.2, 0.25) is 5.02 Å². The maximum Gasteiger partial charge on any atom is 0.259 e. The van der Waals surface area contributed by atoms with Crippen LogP contribution in [0.4, 0.5) is 5.69 Å². The summed E-state index contributed by atoms with van der Waals surface area (Å²) in [5.41, 5.74) is 1.93. The van der Waals surface area contributed by atoms with Crippen molar-refractivity contribution in [3.8, 4) is 5.75 Å². The zero-order valence-corrected chi connectivity index (χ0v) is 15.8. The quantitative estimate of drug-likeness (QED) is 0.628. The van der Waals surface area contributed by atoms with Crippen molar-refractivity contribution in [2.45, 2.75) is 6.54 Å². The Morgan fingerprint density at radius 2 is 1.64 bits per heavy atom. The molecule has 0 saturated carbocycles. The van der Waals surface area contributed by atoms with E-state index in [9.17, 15) is 9.59 Å². The van der Waals surface area contributed by atoms with Crippen LogP contribution >= 0.6 is 11.6 Å². The van der Waals surface area contributed by atoms with Gasteiger partial charge in [0.05, 0.1) is 5.56 Å². The first kappa shape index (κ1) is 19.5. The molecule has 0 heterocycles. The van der Waals surface area contributed by atoms with E-state index >= 15 is 0 Å². The summed E-state index contributed by atoms with van der Waals surface area (Å²) in [6.45, 7) is 0.148. The summed E-state index contributed by atoms with van der Waals surface area (Å²) in [5, 5.41) is 6.18. The molecule has 5 nitrogen and oxygen atoms in total. The van der Waals surface area contributed by atoms with Crippen molar-refractivity contribution in [2.75, 3.05) is 11.9 Å². The molecule has 0 fully saturated rings. The van der Waals surface area contributed by atoms with Gasteiger partial charge in [-0.25, -0.2) is 0 Å². The van der Waals surface area contributed by atoms with Crippen molar-refractivity contribution in [1.29, 1.82) is 0 Å². The Balaban J connectivity index is 1.57. The van der Waals surface area contributed by atoms with E-state index in [0.29, 0.717) is 28.6 Å². The van der Waals surface area contributed by atoms with E-state index in [1.807, 2.05) is 30.3 Å². The van der Waals surface area contributed by atoms with Crippen molar-refractivity contribution in [3.05, 3.63) is 95.0 Å². The van der Waals surface area contributed by atoms with Crippen molar-refractivity contribution < 1.29 is 14.3 Å². The number of benzene rings is 3. The highest BCUT2D eigenvalue weighted by Crippen LogP contribution is 2.19. The molecule has 3 aromatic carbocycles. The Kier molecular flexibility index (Phi) is 6.65. The number of hydrogen-bond donors (Lipinski definition) is 2. The third-order valence-electron chi connectivity index (χ3n) is 3.90. The third-order valence-corrected chi connectivity index (χ3v) is 4.14. The number of carbonyl (C=O) groups excluding carboxylic acids is 2. The molecule has 3 aromatic rings. The molecule has 3 rings (SSSR count). The molecule has 0 radical (unpaired) electrons. The van der Waals surface area contributed by atoms with Gasteiger partial charge < -0.3 is 15.4 Å². The first-order valence-electron chi connectivity index (χ1n) is 8.71. The van der Waals surface area contributed by atoms with Gasteiger partial charge in [0.15, 0.2) is 6.61 Å². The van der Waals surface area contributed by atoms with E-state index in [0.717, 1.165) is 5.56 Å². The Bertz CT molecular complexity index is 961. The number of halogens is 1. The van der Waals surface area contributed by atoms with Crippen molar-refractivity contribution >= 4 is 29.1 Å². The molecule has 0 aliphatic carbocycles. The average molecular weight is 395 g/mol. The number of anilines is 1. The first-order chi connectivity index (χ1) is 13.6. The van der Waals surface area contributed by atoms with Crippen molar-refractivity contribution in [2.24, 2.45) is 0 Å². The number of ether oxygens (including phenoxy) is 1.